The highest BCUT2D eigenvalue weighted by Crippen LogP contribution is 2.39. The Hall–Kier alpha value is -0.170. The van der Waals surface area contributed by atoms with Crippen LogP contribution in [0.3, 0.4) is 0 Å². The van der Waals surface area contributed by atoms with Gasteiger partial charge in [0.1, 0.15) is 0 Å². The molecule has 1 amide bonds. The molecule has 0 radical (unpaired) electrons. The van der Waals surface area contributed by atoms with Crippen LogP contribution in [-0.2, 0) is 9.53 Å². The van der Waals surface area contributed by atoms with Crippen LogP contribution < -0.4 is 5.32 Å². The second-order valence-electron chi connectivity index (χ2n) is 5.59. The molecule has 0 saturated heterocycles. The smallest absolute Gasteiger partial charge is 0.230 e. The topological polar surface area (TPSA) is 38.3 Å². The molecular weight excluding hydrogens is 394 g/mol. The normalized spacial score (nSPS) is 21.1. The van der Waals surface area contributed by atoms with Crippen molar-refractivity contribution in [2.75, 3.05) is 26.0 Å². The number of benzene rings is 1. The molecule has 0 unspecified atom stereocenters. The number of thioether (sulfide) groups is 2. The van der Waals surface area contributed by atoms with Crippen LogP contribution in [0.5, 0.6) is 0 Å². The van der Waals surface area contributed by atoms with Gasteiger partial charge >= 0.3 is 0 Å². The summed E-state index contributed by atoms with van der Waals surface area (Å²) in [5, 5.41) is 4.05. The van der Waals surface area contributed by atoms with E-state index >= 15 is 0 Å². The van der Waals surface area contributed by atoms with Gasteiger partial charge in [-0.05, 0) is 31.0 Å². The average molecular weight is 418 g/mol. The van der Waals surface area contributed by atoms with Crippen molar-refractivity contribution in [2.24, 2.45) is 0 Å². The Balaban J connectivity index is 1.82. The Morgan fingerprint density at radius 3 is 2.87 bits per heavy atom. The quantitative estimate of drug-likeness (QED) is 0.638. The molecule has 1 aliphatic rings. The summed E-state index contributed by atoms with van der Waals surface area (Å²) in [4.78, 5) is 13.2. The standard InChI is InChI=1S/C17H24BrNO2S2/c1-21-10-9-19-17(20)12-22-15-7-2-3-8-16(15)23-14-6-4-5-13(18)11-14/h4-6,11,15-16H,2-3,7-10,12H2,1H3,(H,19,20)/t15-,16-/m1/s1. The van der Waals surface area contributed by atoms with Gasteiger partial charge in [-0.2, -0.15) is 0 Å². The van der Waals surface area contributed by atoms with Crippen LogP contribution in [0, 0.1) is 0 Å². The SMILES string of the molecule is COCCNC(=O)CS[C@@H]1CCCC[C@H]1Sc1cccc(Br)c1. The van der Waals surface area contributed by atoms with Crippen molar-refractivity contribution in [2.45, 2.75) is 41.1 Å². The zero-order chi connectivity index (χ0) is 16.5. The fourth-order valence-electron chi connectivity index (χ4n) is 2.63. The van der Waals surface area contributed by atoms with Crippen molar-refractivity contribution >= 4 is 45.4 Å². The number of methoxy groups -OCH3 is 1. The molecule has 0 bridgehead atoms. The molecular formula is C17H24BrNO2S2. The van der Waals surface area contributed by atoms with Gasteiger partial charge in [0.05, 0.1) is 12.4 Å². The Labute approximate surface area is 155 Å². The van der Waals surface area contributed by atoms with E-state index in [9.17, 15) is 4.79 Å². The van der Waals surface area contributed by atoms with E-state index in [0.29, 0.717) is 29.4 Å². The first-order valence-electron chi connectivity index (χ1n) is 7.98. The number of carbonyl (C=O) groups excluding carboxylic acids is 1. The third-order valence-electron chi connectivity index (χ3n) is 3.78. The number of amides is 1. The summed E-state index contributed by atoms with van der Waals surface area (Å²) in [5.41, 5.74) is 0. The van der Waals surface area contributed by atoms with Crippen LogP contribution in [0.25, 0.3) is 0 Å². The monoisotopic (exact) mass is 417 g/mol. The number of hydrogen-bond acceptors (Lipinski definition) is 4. The second kappa shape index (κ2) is 10.6. The molecule has 1 saturated carbocycles. The van der Waals surface area contributed by atoms with Crippen molar-refractivity contribution in [3.8, 4) is 0 Å². The van der Waals surface area contributed by atoms with Crippen molar-refractivity contribution < 1.29 is 9.53 Å². The van der Waals surface area contributed by atoms with E-state index in [-0.39, 0.29) is 5.91 Å². The molecule has 6 heteroatoms. The van der Waals surface area contributed by atoms with E-state index in [1.807, 2.05) is 23.5 Å². The molecule has 2 rings (SSSR count). The molecule has 1 aromatic rings. The second-order valence-corrected chi connectivity index (χ2v) is 9.05. The molecule has 2 atom stereocenters. The van der Waals surface area contributed by atoms with E-state index in [1.54, 1.807) is 7.11 Å². The summed E-state index contributed by atoms with van der Waals surface area (Å²) in [7, 11) is 1.65. The van der Waals surface area contributed by atoms with Gasteiger partial charge in [-0.25, -0.2) is 0 Å². The minimum Gasteiger partial charge on any atom is -0.383 e. The molecule has 0 spiro atoms. The van der Waals surface area contributed by atoms with Crippen molar-refractivity contribution in [3.63, 3.8) is 0 Å². The molecule has 0 aliphatic heterocycles. The third-order valence-corrected chi connectivity index (χ3v) is 7.26. The van der Waals surface area contributed by atoms with Crippen LogP contribution in [0.15, 0.2) is 33.6 Å². The average Bonchev–Trinajstić information content (AvgIpc) is 2.54. The fourth-order valence-corrected chi connectivity index (χ4v) is 6.01. The van der Waals surface area contributed by atoms with Gasteiger partial charge in [-0.15, -0.1) is 23.5 Å². The Morgan fingerprint density at radius 2 is 2.13 bits per heavy atom. The first kappa shape index (κ1) is 19.2. The molecule has 1 aromatic carbocycles. The molecule has 23 heavy (non-hydrogen) atoms. The van der Waals surface area contributed by atoms with Crippen molar-refractivity contribution in [1.29, 1.82) is 0 Å². The van der Waals surface area contributed by atoms with Crippen molar-refractivity contribution in [3.05, 3.63) is 28.7 Å². The van der Waals surface area contributed by atoms with Gasteiger partial charge in [0, 0.05) is 33.5 Å². The minimum absolute atomic E-state index is 0.115. The van der Waals surface area contributed by atoms with Gasteiger partial charge in [0.15, 0.2) is 0 Å². The molecule has 0 heterocycles. The lowest BCUT2D eigenvalue weighted by Crippen LogP contribution is -2.31. The lowest BCUT2D eigenvalue weighted by molar-refractivity contribution is -0.118. The number of carbonyl (C=O) groups is 1. The lowest BCUT2D eigenvalue weighted by atomic mass is 10.00. The predicted molar refractivity (Wildman–Crippen MR) is 103 cm³/mol. The number of ether oxygens (including phenoxy) is 1. The zero-order valence-electron chi connectivity index (χ0n) is 13.4. The largest absolute Gasteiger partial charge is 0.383 e. The van der Waals surface area contributed by atoms with Crippen LogP contribution in [-0.4, -0.2) is 42.4 Å². The molecule has 128 valence electrons. The predicted octanol–water partition coefficient (Wildman–Crippen LogP) is 4.35. The maximum Gasteiger partial charge on any atom is 0.230 e. The van der Waals surface area contributed by atoms with Crippen LogP contribution >= 0.6 is 39.5 Å². The lowest BCUT2D eigenvalue weighted by Gasteiger charge is -2.30. The minimum atomic E-state index is 0.115. The number of hydrogen-bond donors (Lipinski definition) is 1. The third kappa shape index (κ3) is 7.08. The first-order valence-corrected chi connectivity index (χ1v) is 10.7. The highest BCUT2D eigenvalue weighted by molar-refractivity contribution is 9.10. The van der Waals surface area contributed by atoms with Gasteiger partial charge in [0.2, 0.25) is 5.91 Å². The summed E-state index contributed by atoms with van der Waals surface area (Å²) in [6, 6.07) is 8.49. The zero-order valence-corrected chi connectivity index (χ0v) is 16.6. The first-order chi connectivity index (χ1) is 11.2. The number of nitrogens with one attached hydrogen (secondary N) is 1. The molecule has 0 aromatic heterocycles. The van der Waals surface area contributed by atoms with Crippen LogP contribution in [0.1, 0.15) is 25.7 Å². The van der Waals surface area contributed by atoms with E-state index in [4.69, 9.17) is 4.74 Å². The van der Waals surface area contributed by atoms with Crippen LogP contribution in [0.4, 0.5) is 0 Å². The van der Waals surface area contributed by atoms with Crippen molar-refractivity contribution in [1.82, 2.24) is 5.32 Å². The summed E-state index contributed by atoms with van der Waals surface area (Å²) in [6.07, 6.45) is 5.02. The molecule has 1 N–H and O–H groups in total. The maximum absolute atomic E-state index is 11.9. The van der Waals surface area contributed by atoms with Gasteiger partial charge < -0.3 is 10.1 Å². The van der Waals surface area contributed by atoms with Gasteiger partial charge in [-0.3, -0.25) is 4.79 Å². The fraction of sp³-hybridized carbons (Fsp3) is 0.588. The Bertz CT molecular complexity index is 501. The van der Waals surface area contributed by atoms with Gasteiger partial charge in [-0.1, -0.05) is 34.8 Å². The summed E-state index contributed by atoms with van der Waals surface area (Å²) < 4.78 is 6.08. The number of rotatable bonds is 8. The highest BCUT2D eigenvalue weighted by Gasteiger charge is 2.27. The summed E-state index contributed by atoms with van der Waals surface area (Å²) in [6.45, 7) is 1.16. The van der Waals surface area contributed by atoms with Crippen LogP contribution in [0.2, 0.25) is 0 Å². The summed E-state index contributed by atoms with van der Waals surface area (Å²) in [5.74, 6) is 0.660. The number of halogens is 1. The van der Waals surface area contributed by atoms with Gasteiger partial charge in [0.25, 0.3) is 0 Å². The molecule has 1 fully saturated rings. The highest BCUT2D eigenvalue weighted by atomic mass is 79.9. The molecule has 1 aliphatic carbocycles. The van der Waals surface area contributed by atoms with E-state index in [0.717, 1.165) is 4.47 Å². The van der Waals surface area contributed by atoms with E-state index in [1.165, 1.54) is 30.6 Å². The summed E-state index contributed by atoms with van der Waals surface area (Å²) >= 11 is 7.31. The van der Waals surface area contributed by atoms with E-state index in [2.05, 4.69) is 45.5 Å². The molecule has 3 nitrogen and oxygen atoms in total. The Morgan fingerprint density at radius 1 is 1.35 bits per heavy atom. The Kier molecular flexibility index (Phi) is 8.87. The maximum atomic E-state index is 11.9. The van der Waals surface area contributed by atoms with E-state index < -0.39 is 0 Å².